The number of nitrogens with one attached hydrogen (secondary N) is 1. The largest absolute Gasteiger partial charge is 0.507 e. The van der Waals surface area contributed by atoms with Crippen LogP contribution >= 0.6 is 0 Å². The van der Waals surface area contributed by atoms with E-state index in [0.29, 0.717) is 46.7 Å². The number of piperidine rings is 1. The van der Waals surface area contributed by atoms with Gasteiger partial charge in [-0.2, -0.15) is 0 Å². The van der Waals surface area contributed by atoms with E-state index in [1.807, 2.05) is 38.2 Å². The van der Waals surface area contributed by atoms with E-state index in [9.17, 15) is 14.7 Å². The molecule has 4 aromatic rings. The summed E-state index contributed by atoms with van der Waals surface area (Å²) in [5.41, 5.74) is 2.74. The van der Waals surface area contributed by atoms with Gasteiger partial charge in [0.15, 0.2) is 5.58 Å². The highest BCUT2D eigenvalue weighted by Gasteiger charge is 2.30. The van der Waals surface area contributed by atoms with E-state index in [0.717, 1.165) is 25.0 Å². The number of rotatable bonds is 6. The van der Waals surface area contributed by atoms with E-state index >= 15 is 0 Å². The van der Waals surface area contributed by atoms with Crippen molar-refractivity contribution in [3.05, 3.63) is 57.4 Å². The van der Waals surface area contributed by atoms with Crippen molar-refractivity contribution in [1.29, 1.82) is 0 Å². The van der Waals surface area contributed by atoms with Crippen molar-refractivity contribution in [1.82, 2.24) is 9.55 Å². The lowest BCUT2D eigenvalue weighted by Gasteiger charge is -2.28. The van der Waals surface area contributed by atoms with Crippen molar-refractivity contribution in [3.8, 4) is 17.1 Å². The summed E-state index contributed by atoms with van der Waals surface area (Å²) in [5.74, 6) is 0.132. The Balaban J connectivity index is 1.80. The topological polar surface area (TPSA) is 99.0 Å². The van der Waals surface area contributed by atoms with Crippen LogP contribution in [0.4, 0.5) is 0 Å². The number of phenols is 1. The van der Waals surface area contributed by atoms with Gasteiger partial charge in [0.25, 0.3) is 0 Å². The van der Waals surface area contributed by atoms with E-state index in [2.05, 4.69) is 11.9 Å². The maximum Gasteiger partial charge on any atom is 0.375 e. The lowest BCUT2D eigenvalue weighted by molar-refractivity contribution is -0.922. The Morgan fingerprint density at radius 1 is 1.30 bits per heavy atom. The molecule has 1 unspecified atom stereocenters. The van der Waals surface area contributed by atoms with Crippen molar-refractivity contribution in [3.63, 3.8) is 0 Å². The van der Waals surface area contributed by atoms with Crippen molar-refractivity contribution in [2.24, 2.45) is 13.0 Å². The highest BCUT2D eigenvalue weighted by Crippen LogP contribution is 2.34. The van der Waals surface area contributed by atoms with E-state index in [-0.39, 0.29) is 34.7 Å². The molecule has 0 amide bonds. The van der Waals surface area contributed by atoms with Crippen LogP contribution in [-0.2, 0) is 24.8 Å². The number of ether oxygens (including phenoxy) is 1. The van der Waals surface area contributed by atoms with Crippen LogP contribution < -0.4 is 10.3 Å². The molecule has 3 heterocycles. The second kappa shape index (κ2) is 10.0. The number of hydrogen-bond donors (Lipinski definition) is 2. The molecule has 1 aliphatic rings. The van der Waals surface area contributed by atoms with Gasteiger partial charge in [-0.1, -0.05) is 26.0 Å². The average molecular weight is 505 g/mol. The molecule has 1 saturated heterocycles. The zero-order valence-corrected chi connectivity index (χ0v) is 21.9. The monoisotopic (exact) mass is 504 g/mol. The number of carbonyl (C=O) groups excluding carboxylic acids is 1. The van der Waals surface area contributed by atoms with Gasteiger partial charge in [0.2, 0.25) is 11.2 Å². The van der Waals surface area contributed by atoms with Crippen LogP contribution in [0.2, 0.25) is 0 Å². The van der Waals surface area contributed by atoms with Crippen LogP contribution in [-0.4, -0.2) is 40.3 Å². The zero-order chi connectivity index (χ0) is 26.3. The molecule has 1 aliphatic heterocycles. The van der Waals surface area contributed by atoms with E-state index in [4.69, 9.17) is 9.15 Å². The minimum Gasteiger partial charge on any atom is -0.507 e. The number of imidazole rings is 1. The number of aromatic nitrogens is 2. The van der Waals surface area contributed by atoms with E-state index in [1.54, 1.807) is 17.6 Å². The van der Waals surface area contributed by atoms with Crippen LogP contribution in [0.25, 0.3) is 33.4 Å². The number of para-hydroxylation sites is 2. The molecule has 37 heavy (non-hydrogen) atoms. The molecule has 8 nitrogen and oxygen atoms in total. The number of benzene rings is 2. The summed E-state index contributed by atoms with van der Waals surface area (Å²) in [6, 6.07) is 9.23. The molecule has 5 rings (SSSR count). The lowest BCUT2D eigenvalue weighted by Crippen LogP contribution is -3.12. The molecule has 2 aromatic carbocycles. The molecular weight excluding hydrogens is 470 g/mol. The number of nitrogens with zero attached hydrogens (tertiary/aromatic N) is 2. The van der Waals surface area contributed by atoms with Gasteiger partial charge in [-0.3, -0.25) is 4.79 Å². The second-order valence-corrected chi connectivity index (χ2v) is 10.1. The summed E-state index contributed by atoms with van der Waals surface area (Å²) in [4.78, 5) is 33.3. The first-order valence-corrected chi connectivity index (χ1v) is 13.1. The summed E-state index contributed by atoms with van der Waals surface area (Å²) in [6.45, 7) is 8.49. The van der Waals surface area contributed by atoms with Crippen molar-refractivity contribution in [2.75, 3.05) is 19.7 Å². The lowest BCUT2D eigenvalue weighted by atomic mass is 9.97. The van der Waals surface area contributed by atoms with Gasteiger partial charge < -0.3 is 23.7 Å². The maximum absolute atomic E-state index is 14.2. The smallest absolute Gasteiger partial charge is 0.375 e. The normalized spacial score (nSPS) is 17.9. The van der Waals surface area contributed by atoms with Crippen LogP contribution in [0.15, 0.2) is 39.5 Å². The summed E-state index contributed by atoms with van der Waals surface area (Å²) < 4.78 is 13.4. The molecule has 2 atom stereocenters. The molecule has 1 fully saturated rings. The van der Waals surface area contributed by atoms with Gasteiger partial charge in [0, 0.05) is 13.0 Å². The third-order valence-corrected chi connectivity index (χ3v) is 7.47. The highest BCUT2D eigenvalue weighted by molar-refractivity contribution is 5.98. The molecule has 0 saturated carbocycles. The Morgan fingerprint density at radius 2 is 2.08 bits per heavy atom. The number of quaternary nitrogens is 1. The summed E-state index contributed by atoms with van der Waals surface area (Å²) in [6.07, 6.45) is 2.85. The Bertz CT molecular complexity index is 1550. The summed E-state index contributed by atoms with van der Waals surface area (Å²) in [5, 5.41) is 11.6. The van der Waals surface area contributed by atoms with Gasteiger partial charge in [0.05, 0.1) is 41.7 Å². The fourth-order valence-corrected chi connectivity index (χ4v) is 5.60. The Morgan fingerprint density at radius 3 is 2.78 bits per heavy atom. The third-order valence-electron chi connectivity index (χ3n) is 7.47. The SMILES string of the molecule is CCOC(=O)c1oc2c(C[NH+]3CCC[C@@H](C)C3)c(O)c(CC)cc2c(=O)c1-c1nc2ccccc2n1C. The molecule has 2 aromatic heterocycles. The van der Waals surface area contributed by atoms with Crippen molar-refractivity contribution < 1.29 is 24.0 Å². The second-order valence-electron chi connectivity index (χ2n) is 10.1. The van der Waals surface area contributed by atoms with Crippen molar-refractivity contribution >= 4 is 28.0 Å². The number of carbonyl (C=O) groups is 1. The number of aryl methyl sites for hydroxylation is 2. The van der Waals surface area contributed by atoms with E-state index in [1.165, 1.54) is 11.3 Å². The van der Waals surface area contributed by atoms with Crippen LogP contribution in [0.1, 0.15) is 55.3 Å². The van der Waals surface area contributed by atoms with Gasteiger partial charge in [-0.15, -0.1) is 0 Å². The molecular formula is C29H34N3O5+. The number of phenolic OH excluding ortho intramolecular Hbond substituents is 1. The molecule has 0 bridgehead atoms. The average Bonchev–Trinajstić information content (AvgIpc) is 3.21. The molecule has 8 heteroatoms. The van der Waals surface area contributed by atoms with Crippen LogP contribution in [0.3, 0.4) is 0 Å². The Kier molecular flexibility index (Phi) is 6.77. The molecule has 194 valence electrons. The Hall–Kier alpha value is -3.65. The zero-order valence-electron chi connectivity index (χ0n) is 21.9. The fourth-order valence-electron chi connectivity index (χ4n) is 5.60. The van der Waals surface area contributed by atoms with Crippen LogP contribution in [0.5, 0.6) is 5.75 Å². The maximum atomic E-state index is 14.2. The van der Waals surface area contributed by atoms with Crippen molar-refractivity contribution in [2.45, 2.75) is 46.6 Å². The summed E-state index contributed by atoms with van der Waals surface area (Å²) >= 11 is 0. The first kappa shape index (κ1) is 25.0. The first-order chi connectivity index (χ1) is 17.8. The van der Waals surface area contributed by atoms with E-state index < -0.39 is 5.97 Å². The first-order valence-electron chi connectivity index (χ1n) is 13.1. The molecule has 0 aliphatic carbocycles. The third kappa shape index (κ3) is 4.39. The van der Waals surface area contributed by atoms with Gasteiger partial charge in [-0.05, 0) is 49.9 Å². The minimum absolute atomic E-state index is 0.0716. The quantitative estimate of drug-likeness (QED) is 0.389. The number of likely N-dealkylation sites (tertiary alicyclic amines) is 1. The summed E-state index contributed by atoms with van der Waals surface area (Å²) in [7, 11) is 1.81. The number of hydrogen-bond acceptors (Lipinski definition) is 6. The Labute approximate surface area is 215 Å². The standard InChI is InChI=1S/C29H33N3O5/c1-5-18-14-19-25(34)23(28-30-21-11-7-8-12-22(21)31(28)4)27(29(35)36-6-2)37-26(19)20(24(18)33)16-32-13-9-10-17(3)15-32/h7-8,11-12,14,17,33H,5-6,9-10,13,15-16H2,1-4H3/p+1/t17-/m1/s1. The molecule has 2 N–H and O–H groups in total. The molecule has 0 spiro atoms. The van der Waals surface area contributed by atoms with Crippen LogP contribution in [0, 0.1) is 5.92 Å². The van der Waals surface area contributed by atoms with Gasteiger partial charge in [0.1, 0.15) is 23.7 Å². The minimum atomic E-state index is -0.729. The fraction of sp³-hybridized carbons (Fsp3) is 0.414. The predicted molar refractivity (Wildman–Crippen MR) is 142 cm³/mol. The number of fused-ring (bicyclic) bond motifs is 2. The van der Waals surface area contributed by atoms with Gasteiger partial charge in [-0.25, -0.2) is 9.78 Å². The van der Waals surface area contributed by atoms with Gasteiger partial charge >= 0.3 is 5.97 Å². The number of aromatic hydroxyl groups is 1. The molecule has 0 radical (unpaired) electrons. The number of esters is 1. The highest BCUT2D eigenvalue weighted by atomic mass is 16.5. The predicted octanol–water partition coefficient (Wildman–Crippen LogP) is 3.61.